The Morgan fingerprint density at radius 3 is 2.89 bits per heavy atom. The van der Waals surface area contributed by atoms with E-state index in [0.717, 1.165) is 17.7 Å². The molecule has 4 heteroatoms. The number of carbonyl (C=O) groups excluding carboxylic acids is 2. The Morgan fingerprint density at radius 2 is 2.16 bits per heavy atom. The van der Waals surface area contributed by atoms with E-state index in [1.54, 1.807) is 6.07 Å². The zero-order valence-corrected chi connectivity index (χ0v) is 11.5. The van der Waals surface area contributed by atoms with Crippen molar-refractivity contribution in [2.75, 3.05) is 11.9 Å². The Bertz CT molecular complexity index is 495. The molecular formula is C15H20N2O2. The van der Waals surface area contributed by atoms with Crippen LogP contribution in [0, 0.1) is 5.92 Å². The van der Waals surface area contributed by atoms with E-state index in [1.807, 2.05) is 12.1 Å². The Kier molecular flexibility index (Phi) is 4.20. The van der Waals surface area contributed by atoms with Crippen LogP contribution in [0.25, 0.3) is 0 Å². The highest BCUT2D eigenvalue weighted by Crippen LogP contribution is 2.23. The molecule has 1 aliphatic rings. The first-order valence-corrected chi connectivity index (χ1v) is 6.77. The van der Waals surface area contributed by atoms with Gasteiger partial charge in [-0.05, 0) is 42.5 Å². The van der Waals surface area contributed by atoms with Gasteiger partial charge in [-0.25, -0.2) is 0 Å². The quantitative estimate of drug-likeness (QED) is 0.873. The first kappa shape index (κ1) is 13.6. The molecule has 0 radical (unpaired) electrons. The maximum Gasteiger partial charge on any atom is 0.251 e. The van der Waals surface area contributed by atoms with E-state index >= 15 is 0 Å². The van der Waals surface area contributed by atoms with Crippen LogP contribution < -0.4 is 10.6 Å². The van der Waals surface area contributed by atoms with Crippen LogP contribution in [0.3, 0.4) is 0 Å². The Hall–Kier alpha value is -1.84. The van der Waals surface area contributed by atoms with Gasteiger partial charge in [-0.1, -0.05) is 13.8 Å². The Labute approximate surface area is 113 Å². The molecule has 1 aromatic rings. The summed E-state index contributed by atoms with van der Waals surface area (Å²) in [7, 11) is 0. The Balaban J connectivity index is 2.01. The van der Waals surface area contributed by atoms with E-state index in [0.29, 0.717) is 30.9 Å². The minimum Gasteiger partial charge on any atom is -0.352 e. The molecule has 2 amide bonds. The molecule has 0 saturated heterocycles. The second-order valence-electron chi connectivity index (χ2n) is 5.36. The van der Waals surface area contributed by atoms with E-state index in [9.17, 15) is 9.59 Å². The number of fused-ring (bicyclic) bond motifs is 1. The van der Waals surface area contributed by atoms with Crippen molar-refractivity contribution in [3.63, 3.8) is 0 Å². The minimum atomic E-state index is -0.0413. The van der Waals surface area contributed by atoms with Gasteiger partial charge in [0.25, 0.3) is 5.91 Å². The minimum absolute atomic E-state index is 0.0413. The lowest BCUT2D eigenvalue weighted by Gasteiger charge is -2.17. The highest BCUT2D eigenvalue weighted by atomic mass is 16.2. The first-order valence-electron chi connectivity index (χ1n) is 6.77. The summed E-state index contributed by atoms with van der Waals surface area (Å²) in [6, 6.07) is 5.44. The summed E-state index contributed by atoms with van der Waals surface area (Å²) in [5.74, 6) is 0.584. The maximum atomic E-state index is 12.0. The van der Waals surface area contributed by atoms with Crippen molar-refractivity contribution in [3.05, 3.63) is 29.3 Å². The van der Waals surface area contributed by atoms with Gasteiger partial charge in [0.1, 0.15) is 0 Å². The summed E-state index contributed by atoms with van der Waals surface area (Å²) in [4.78, 5) is 23.2. The van der Waals surface area contributed by atoms with Gasteiger partial charge in [-0.3, -0.25) is 9.59 Å². The Morgan fingerprint density at radius 1 is 1.37 bits per heavy atom. The summed E-state index contributed by atoms with van der Waals surface area (Å²) in [5, 5.41) is 5.73. The summed E-state index contributed by atoms with van der Waals surface area (Å²) in [6.07, 6.45) is 2.17. The molecular weight excluding hydrogens is 240 g/mol. The van der Waals surface area contributed by atoms with Gasteiger partial charge in [-0.15, -0.1) is 0 Å². The summed E-state index contributed by atoms with van der Waals surface area (Å²) < 4.78 is 0. The lowest BCUT2D eigenvalue weighted by Crippen LogP contribution is -2.26. The molecule has 1 aliphatic heterocycles. The van der Waals surface area contributed by atoms with Gasteiger partial charge in [0, 0.05) is 24.2 Å². The standard InChI is InChI=1S/C15H20N2O2/c1-10(2)7-8-16-15(19)12-3-5-13-11(9-12)4-6-14(18)17-13/h3,5,9-10H,4,6-8H2,1-2H3,(H,16,19)(H,17,18). The van der Waals surface area contributed by atoms with Crippen LogP contribution in [0.2, 0.25) is 0 Å². The zero-order valence-electron chi connectivity index (χ0n) is 11.5. The van der Waals surface area contributed by atoms with Crippen molar-refractivity contribution in [2.45, 2.75) is 33.1 Å². The molecule has 0 atom stereocenters. The van der Waals surface area contributed by atoms with Crippen molar-refractivity contribution >= 4 is 17.5 Å². The summed E-state index contributed by atoms with van der Waals surface area (Å²) in [5.41, 5.74) is 2.53. The van der Waals surface area contributed by atoms with Crippen LogP contribution in [-0.2, 0) is 11.2 Å². The van der Waals surface area contributed by atoms with Crippen molar-refractivity contribution in [1.82, 2.24) is 5.32 Å². The van der Waals surface area contributed by atoms with Gasteiger partial charge in [-0.2, -0.15) is 0 Å². The number of benzene rings is 1. The van der Waals surface area contributed by atoms with E-state index in [-0.39, 0.29) is 11.8 Å². The van der Waals surface area contributed by atoms with Crippen LogP contribution in [0.15, 0.2) is 18.2 Å². The van der Waals surface area contributed by atoms with E-state index < -0.39 is 0 Å². The third kappa shape index (κ3) is 3.56. The van der Waals surface area contributed by atoms with Crippen molar-refractivity contribution in [1.29, 1.82) is 0 Å². The van der Waals surface area contributed by atoms with Gasteiger partial charge in [0.05, 0.1) is 0 Å². The van der Waals surface area contributed by atoms with Gasteiger partial charge >= 0.3 is 0 Å². The predicted octanol–water partition coefficient (Wildman–Crippen LogP) is 2.35. The molecule has 0 bridgehead atoms. The number of carbonyl (C=O) groups is 2. The smallest absolute Gasteiger partial charge is 0.251 e. The molecule has 0 spiro atoms. The molecule has 2 rings (SSSR count). The second-order valence-corrected chi connectivity index (χ2v) is 5.36. The first-order chi connectivity index (χ1) is 9.06. The van der Waals surface area contributed by atoms with Gasteiger partial charge < -0.3 is 10.6 Å². The van der Waals surface area contributed by atoms with Crippen LogP contribution in [0.1, 0.15) is 42.6 Å². The van der Waals surface area contributed by atoms with Gasteiger partial charge in [0.2, 0.25) is 5.91 Å². The van der Waals surface area contributed by atoms with Crippen molar-refractivity contribution in [2.24, 2.45) is 5.92 Å². The highest BCUT2D eigenvalue weighted by molar-refractivity contribution is 5.97. The second kappa shape index (κ2) is 5.87. The molecule has 0 aromatic heterocycles. The molecule has 102 valence electrons. The maximum absolute atomic E-state index is 12.0. The normalized spacial score (nSPS) is 13.9. The molecule has 19 heavy (non-hydrogen) atoms. The van der Waals surface area contributed by atoms with Crippen molar-refractivity contribution in [3.8, 4) is 0 Å². The molecule has 4 nitrogen and oxygen atoms in total. The van der Waals surface area contributed by atoms with Crippen molar-refractivity contribution < 1.29 is 9.59 Å². The zero-order chi connectivity index (χ0) is 13.8. The average Bonchev–Trinajstić information content (AvgIpc) is 2.37. The molecule has 1 heterocycles. The molecule has 2 N–H and O–H groups in total. The fourth-order valence-electron chi connectivity index (χ4n) is 2.10. The third-order valence-electron chi connectivity index (χ3n) is 3.27. The third-order valence-corrected chi connectivity index (χ3v) is 3.27. The topological polar surface area (TPSA) is 58.2 Å². The van der Waals surface area contributed by atoms with Gasteiger partial charge in [0.15, 0.2) is 0 Å². The SMILES string of the molecule is CC(C)CCNC(=O)c1ccc2c(c1)CCC(=O)N2. The number of amides is 2. The molecule has 0 saturated carbocycles. The largest absolute Gasteiger partial charge is 0.352 e. The highest BCUT2D eigenvalue weighted by Gasteiger charge is 2.16. The fourth-order valence-corrected chi connectivity index (χ4v) is 2.10. The van der Waals surface area contributed by atoms with Crippen LogP contribution in [0.5, 0.6) is 0 Å². The molecule has 0 unspecified atom stereocenters. The molecule has 0 aliphatic carbocycles. The number of nitrogens with one attached hydrogen (secondary N) is 2. The van der Waals surface area contributed by atoms with E-state index in [2.05, 4.69) is 24.5 Å². The number of anilines is 1. The number of hydrogen-bond acceptors (Lipinski definition) is 2. The van der Waals surface area contributed by atoms with E-state index in [1.165, 1.54) is 0 Å². The number of hydrogen-bond donors (Lipinski definition) is 2. The molecule has 0 fully saturated rings. The monoisotopic (exact) mass is 260 g/mol. The van der Waals surface area contributed by atoms with Crippen LogP contribution in [-0.4, -0.2) is 18.4 Å². The lowest BCUT2D eigenvalue weighted by atomic mass is 10.00. The fraction of sp³-hybridized carbons (Fsp3) is 0.467. The van der Waals surface area contributed by atoms with E-state index in [4.69, 9.17) is 0 Å². The number of aryl methyl sites for hydroxylation is 1. The molecule has 1 aromatic carbocycles. The average molecular weight is 260 g/mol. The summed E-state index contributed by atoms with van der Waals surface area (Å²) in [6.45, 7) is 4.96. The number of rotatable bonds is 4. The predicted molar refractivity (Wildman–Crippen MR) is 75.2 cm³/mol. The van der Waals surface area contributed by atoms with Crippen LogP contribution >= 0.6 is 0 Å². The van der Waals surface area contributed by atoms with Crippen LogP contribution in [0.4, 0.5) is 5.69 Å². The lowest BCUT2D eigenvalue weighted by molar-refractivity contribution is -0.116. The summed E-state index contributed by atoms with van der Waals surface area (Å²) >= 11 is 0.